The summed E-state index contributed by atoms with van der Waals surface area (Å²) in [5, 5.41) is 0. The standard InChI is InChI=1S/C12H10N.C9H7.2ClH.Ti/c1-3-7-11(8-4-1)13-12-9-5-2-6-10-12;1-2-5-9-7-3-6-8(9)4-1;;;/h1-10H;1-7H;2*1H;/q-1;;;;+3/p-2. The Labute approximate surface area is 170 Å². The van der Waals surface area contributed by atoms with E-state index < -0.39 is 19.4 Å². The zero-order chi connectivity index (χ0) is 15.5. The van der Waals surface area contributed by atoms with Gasteiger partial charge < -0.3 is 24.8 Å². The van der Waals surface area contributed by atoms with E-state index in [1.165, 1.54) is 22.5 Å². The van der Waals surface area contributed by atoms with Crippen molar-refractivity contribution in [2.45, 2.75) is 4.22 Å². The molecule has 4 heteroatoms. The van der Waals surface area contributed by atoms with Crippen LogP contribution in [0.3, 0.4) is 0 Å². The van der Waals surface area contributed by atoms with Crippen LogP contribution in [0.1, 0.15) is 15.3 Å². The molecular weight excluding hydrogens is 385 g/mol. The van der Waals surface area contributed by atoms with Crippen molar-refractivity contribution in [2.75, 3.05) is 3.38 Å². The normalized spacial score (nSPS) is 13.8. The number of para-hydroxylation sites is 2. The fraction of sp³-hybridized carbons (Fsp3) is 0.0476. The minimum atomic E-state index is -0.407. The average Bonchev–Trinajstić information content (AvgIpc) is 3.04. The van der Waals surface area contributed by atoms with E-state index in [2.05, 4.69) is 100 Å². The molecule has 0 radical (unpaired) electrons. The minimum absolute atomic E-state index is 0. The molecule has 0 amide bonds. The van der Waals surface area contributed by atoms with E-state index in [1.54, 1.807) is 0 Å². The molecule has 1 aliphatic rings. The SMILES string of the molecule is C1=C[CH]([Ti+2][N](c2ccccc2)c2ccccc2)c2ccccc21.[Cl-].[Cl-]. The van der Waals surface area contributed by atoms with Crippen LogP contribution in [0.5, 0.6) is 0 Å². The number of allylic oxidation sites excluding steroid dienone is 1. The molecule has 3 aromatic carbocycles. The number of fused-ring (bicyclic) bond motifs is 1. The first-order valence-corrected chi connectivity index (χ1v) is 9.45. The van der Waals surface area contributed by atoms with Gasteiger partial charge in [-0.1, -0.05) is 0 Å². The van der Waals surface area contributed by atoms with Gasteiger partial charge in [-0.05, 0) is 0 Å². The fourth-order valence-electron chi connectivity index (χ4n) is 2.95. The second kappa shape index (κ2) is 9.26. The molecule has 124 valence electrons. The molecule has 1 aliphatic carbocycles. The molecule has 3 aromatic rings. The van der Waals surface area contributed by atoms with Crippen LogP contribution in [0, 0.1) is 0 Å². The van der Waals surface area contributed by atoms with Crippen LogP contribution >= 0.6 is 0 Å². The summed E-state index contributed by atoms with van der Waals surface area (Å²) in [5.41, 5.74) is 5.43. The second-order valence-electron chi connectivity index (χ2n) is 5.60. The van der Waals surface area contributed by atoms with Crippen LogP contribution in [0.15, 0.2) is 91.0 Å². The van der Waals surface area contributed by atoms with Gasteiger partial charge >= 0.3 is 147 Å². The Morgan fingerprint density at radius 3 is 1.76 bits per heavy atom. The number of rotatable bonds is 4. The Hall–Kier alpha value is -1.51. The Kier molecular flexibility index (Phi) is 7.34. The summed E-state index contributed by atoms with van der Waals surface area (Å²) in [4.78, 5) is 0. The molecule has 0 saturated heterocycles. The van der Waals surface area contributed by atoms with Crippen molar-refractivity contribution in [3.05, 3.63) is 102 Å². The van der Waals surface area contributed by atoms with Gasteiger partial charge in [-0.3, -0.25) is 0 Å². The van der Waals surface area contributed by atoms with E-state index in [-0.39, 0.29) is 24.8 Å². The topological polar surface area (TPSA) is 3.24 Å². The number of nitrogens with zero attached hydrogens (tertiary/aromatic N) is 1. The van der Waals surface area contributed by atoms with Crippen LogP contribution < -0.4 is 28.2 Å². The Morgan fingerprint density at radius 2 is 1.16 bits per heavy atom. The maximum Gasteiger partial charge on any atom is -1.00 e. The second-order valence-corrected chi connectivity index (χ2v) is 7.67. The van der Waals surface area contributed by atoms with Gasteiger partial charge in [0.25, 0.3) is 0 Å². The average molecular weight is 402 g/mol. The van der Waals surface area contributed by atoms with Crippen LogP contribution in [0.2, 0.25) is 0 Å². The van der Waals surface area contributed by atoms with Gasteiger partial charge in [-0.15, -0.1) is 0 Å². The van der Waals surface area contributed by atoms with Gasteiger partial charge in [-0.25, -0.2) is 0 Å². The largest absolute Gasteiger partial charge is 1.00 e. The number of halogens is 2. The molecule has 25 heavy (non-hydrogen) atoms. The van der Waals surface area contributed by atoms with Crippen LogP contribution in [0.4, 0.5) is 11.4 Å². The van der Waals surface area contributed by atoms with Crippen molar-refractivity contribution < 1.29 is 44.2 Å². The molecule has 0 spiro atoms. The first-order chi connectivity index (χ1) is 11.4. The van der Waals surface area contributed by atoms with Gasteiger partial charge in [0, 0.05) is 0 Å². The number of benzene rings is 3. The third-order valence-electron chi connectivity index (χ3n) is 4.10. The molecule has 1 nitrogen and oxygen atoms in total. The molecule has 0 aliphatic heterocycles. The summed E-state index contributed by atoms with van der Waals surface area (Å²) in [6.07, 6.45) is 4.65. The zero-order valence-electron chi connectivity index (χ0n) is 13.5. The summed E-state index contributed by atoms with van der Waals surface area (Å²) in [5.74, 6) is 0. The molecule has 0 fully saturated rings. The molecule has 0 saturated carbocycles. The third-order valence-corrected chi connectivity index (χ3v) is 6.53. The van der Waals surface area contributed by atoms with Crippen LogP contribution in [-0.2, 0) is 19.4 Å². The fourth-order valence-corrected chi connectivity index (χ4v) is 5.23. The predicted octanol–water partition coefficient (Wildman–Crippen LogP) is -0.402. The van der Waals surface area contributed by atoms with E-state index >= 15 is 0 Å². The van der Waals surface area contributed by atoms with Gasteiger partial charge in [0.15, 0.2) is 0 Å². The Balaban J connectivity index is 0.00000113. The Morgan fingerprint density at radius 1 is 0.640 bits per heavy atom. The van der Waals surface area contributed by atoms with Crippen molar-refractivity contribution in [2.24, 2.45) is 0 Å². The van der Waals surface area contributed by atoms with E-state index in [1.807, 2.05) is 0 Å². The summed E-state index contributed by atoms with van der Waals surface area (Å²) < 4.78 is 3.07. The molecule has 1 unspecified atom stereocenters. The number of anilines is 2. The summed E-state index contributed by atoms with van der Waals surface area (Å²) in [6, 6.07) is 30.2. The van der Waals surface area contributed by atoms with Crippen molar-refractivity contribution in [1.29, 1.82) is 0 Å². The Bertz CT molecular complexity index is 782. The first-order valence-electron chi connectivity index (χ1n) is 7.85. The molecule has 0 N–H and O–H groups in total. The first kappa shape index (κ1) is 19.8. The minimum Gasteiger partial charge on any atom is -1.00 e. The van der Waals surface area contributed by atoms with Crippen LogP contribution in [0.25, 0.3) is 6.08 Å². The number of hydrogen-bond donors (Lipinski definition) is 0. The molecule has 4 rings (SSSR count). The summed E-state index contributed by atoms with van der Waals surface area (Å²) in [7, 11) is 0. The third kappa shape index (κ3) is 4.37. The summed E-state index contributed by atoms with van der Waals surface area (Å²) >= 11 is -0.407. The van der Waals surface area contributed by atoms with Gasteiger partial charge in [0.1, 0.15) is 0 Å². The van der Waals surface area contributed by atoms with E-state index in [4.69, 9.17) is 0 Å². The summed E-state index contributed by atoms with van der Waals surface area (Å²) in [6.45, 7) is 0. The monoisotopic (exact) mass is 401 g/mol. The zero-order valence-corrected chi connectivity index (χ0v) is 16.6. The van der Waals surface area contributed by atoms with E-state index in [0.29, 0.717) is 4.22 Å². The van der Waals surface area contributed by atoms with Crippen molar-refractivity contribution in [3.8, 4) is 0 Å². The van der Waals surface area contributed by atoms with Gasteiger partial charge in [-0.2, -0.15) is 0 Å². The molecule has 0 aromatic heterocycles. The predicted molar refractivity (Wildman–Crippen MR) is 93.2 cm³/mol. The quantitative estimate of drug-likeness (QED) is 0.537. The van der Waals surface area contributed by atoms with Gasteiger partial charge in [0.2, 0.25) is 0 Å². The van der Waals surface area contributed by atoms with Crippen molar-refractivity contribution >= 4 is 17.5 Å². The van der Waals surface area contributed by atoms with E-state index in [0.717, 1.165) is 0 Å². The molecular formula is C21H17Cl2NTi. The smallest absolute Gasteiger partial charge is 1.00 e. The maximum atomic E-state index is 2.52. The maximum absolute atomic E-state index is 2.52. The van der Waals surface area contributed by atoms with Crippen LogP contribution in [-0.4, -0.2) is 0 Å². The van der Waals surface area contributed by atoms with Gasteiger partial charge in [0.05, 0.1) is 0 Å². The van der Waals surface area contributed by atoms with E-state index in [9.17, 15) is 0 Å². The molecule has 0 bridgehead atoms. The number of hydrogen-bond acceptors (Lipinski definition) is 1. The van der Waals surface area contributed by atoms with Crippen molar-refractivity contribution in [1.82, 2.24) is 0 Å². The van der Waals surface area contributed by atoms with Crippen molar-refractivity contribution in [3.63, 3.8) is 0 Å². The molecule has 1 atom stereocenters. The molecule has 0 heterocycles.